The second-order valence-corrected chi connectivity index (χ2v) is 4.46. The Kier molecular flexibility index (Phi) is 4.63. The van der Waals surface area contributed by atoms with Gasteiger partial charge in [0.05, 0.1) is 30.7 Å². The van der Waals surface area contributed by atoms with E-state index >= 15 is 0 Å². The fourth-order valence-corrected chi connectivity index (χ4v) is 2.00. The van der Waals surface area contributed by atoms with Crippen molar-refractivity contribution in [3.05, 3.63) is 53.4 Å². The molecule has 0 amide bonds. The van der Waals surface area contributed by atoms with E-state index in [-0.39, 0.29) is 11.9 Å². The third kappa shape index (κ3) is 3.11. The number of methoxy groups -OCH3 is 1. The molecule has 0 bridgehead atoms. The first-order valence-corrected chi connectivity index (χ1v) is 6.51. The van der Waals surface area contributed by atoms with E-state index in [1.807, 2.05) is 13.8 Å². The molecule has 1 atom stereocenters. The fourth-order valence-electron chi connectivity index (χ4n) is 2.00. The molecule has 4 nitrogen and oxygen atoms in total. The normalized spacial score (nSPS) is 12.2. The lowest BCUT2D eigenvalue weighted by Crippen LogP contribution is -2.24. The van der Waals surface area contributed by atoms with Gasteiger partial charge < -0.3 is 10.1 Å². The van der Waals surface area contributed by atoms with Crippen LogP contribution < -0.4 is 10.1 Å². The number of rotatable bonds is 5. The molecule has 0 aliphatic heterocycles. The summed E-state index contributed by atoms with van der Waals surface area (Å²) < 4.78 is 19.2. The van der Waals surface area contributed by atoms with E-state index in [9.17, 15) is 4.39 Å². The number of nitrogens with zero attached hydrogens (tertiary/aromatic N) is 2. The van der Waals surface area contributed by atoms with Gasteiger partial charge in [0.2, 0.25) is 0 Å². The number of aryl methyl sites for hydroxylation is 1. The van der Waals surface area contributed by atoms with Crippen LogP contribution in [0, 0.1) is 12.7 Å². The molecule has 5 heteroatoms. The zero-order valence-electron chi connectivity index (χ0n) is 11.9. The maximum atomic E-state index is 14.2. The SMILES string of the molecule is CCNC(c1cnc(C)cn1)c1ccc(OC)cc1F. The number of ether oxygens (including phenoxy) is 1. The second kappa shape index (κ2) is 6.43. The summed E-state index contributed by atoms with van der Waals surface area (Å²) in [6.07, 6.45) is 3.35. The third-order valence-electron chi connectivity index (χ3n) is 3.02. The van der Waals surface area contributed by atoms with Crippen LogP contribution in [0.5, 0.6) is 5.75 Å². The lowest BCUT2D eigenvalue weighted by molar-refractivity contribution is 0.410. The van der Waals surface area contributed by atoms with Crippen molar-refractivity contribution in [2.45, 2.75) is 19.9 Å². The minimum atomic E-state index is -0.322. The minimum absolute atomic E-state index is 0.320. The molecule has 0 spiro atoms. The van der Waals surface area contributed by atoms with Gasteiger partial charge in [-0.15, -0.1) is 0 Å². The van der Waals surface area contributed by atoms with Gasteiger partial charge in [-0.3, -0.25) is 9.97 Å². The first kappa shape index (κ1) is 14.4. The van der Waals surface area contributed by atoms with Crippen molar-refractivity contribution in [2.75, 3.05) is 13.7 Å². The Bertz CT molecular complexity index is 572. The van der Waals surface area contributed by atoms with Crippen LogP contribution in [-0.2, 0) is 0 Å². The quantitative estimate of drug-likeness (QED) is 0.911. The van der Waals surface area contributed by atoms with Crippen molar-refractivity contribution in [1.29, 1.82) is 0 Å². The smallest absolute Gasteiger partial charge is 0.132 e. The number of halogens is 1. The average molecular weight is 275 g/mol. The van der Waals surface area contributed by atoms with Crippen molar-refractivity contribution in [3.8, 4) is 5.75 Å². The van der Waals surface area contributed by atoms with Crippen molar-refractivity contribution < 1.29 is 9.13 Å². The van der Waals surface area contributed by atoms with E-state index < -0.39 is 0 Å². The Labute approximate surface area is 118 Å². The van der Waals surface area contributed by atoms with Gasteiger partial charge in [0.15, 0.2) is 0 Å². The van der Waals surface area contributed by atoms with Gasteiger partial charge in [0, 0.05) is 17.8 Å². The Balaban J connectivity index is 2.40. The van der Waals surface area contributed by atoms with Crippen LogP contribution in [0.3, 0.4) is 0 Å². The molecule has 1 aromatic heterocycles. The highest BCUT2D eigenvalue weighted by molar-refractivity contribution is 5.34. The zero-order valence-corrected chi connectivity index (χ0v) is 11.9. The van der Waals surface area contributed by atoms with Crippen molar-refractivity contribution in [1.82, 2.24) is 15.3 Å². The van der Waals surface area contributed by atoms with E-state index in [1.54, 1.807) is 24.5 Å². The summed E-state index contributed by atoms with van der Waals surface area (Å²) in [7, 11) is 1.52. The molecule has 0 saturated carbocycles. The predicted octanol–water partition coefficient (Wildman–Crippen LogP) is 2.63. The monoisotopic (exact) mass is 275 g/mol. The van der Waals surface area contributed by atoms with Crippen LogP contribution in [0.15, 0.2) is 30.6 Å². The highest BCUT2D eigenvalue weighted by atomic mass is 19.1. The summed E-state index contributed by atoms with van der Waals surface area (Å²) in [5, 5.41) is 3.23. The van der Waals surface area contributed by atoms with E-state index in [4.69, 9.17) is 4.74 Å². The van der Waals surface area contributed by atoms with Crippen LogP contribution in [-0.4, -0.2) is 23.6 Å². The third-order valence-corrected chi connectivity index (χ3v) is 3.02. The molecule has 0 aliphatic rings. The summed E-state index contributed by atoms with van der Waals surface area (Å²) >= 11 is 0. The van der Waals surface area contributed by atoms with Gasteiger partial charge in [-0.25, -0.2) is 4.39 Å². The number of benzene rings is 1. The molecule has 1 N–H and O–H groups in total. The van der Waals surface area contributed by atoms with Crippen molar-refractivity contribution in [3.63, 3.8) is 0 Å². The first-order chi connectivity index (χ1) is 9.65. The molecular formula is C15H18FN3O. The van der Waals surface area contributed by atoms with Crippen LogP contribution in [0.25, 0.3) is 0 Å². The Hall–Kier alpha value is -2.01. The molecule has 0 fully saturated rings. The molecule has 1 unspecified atom stereocenters. The molecule has 2 aromatic rings. The fraction of sp³-hybridized carbons (Fsp3) is 0.333. The standard InChI is InChI=1S/C15H18FN3O/c1-4-17-15(14-9-18-10(2)8-19-14)12-6-5-11(20-3)7-13(12)16/h5-9,15,17H,4H2,1-3H3. The summed E-state index contributed by atoms with van der Waals surface area (Å²) in [5.41, 5.74) is 2.06. The Morgan fingerprint density at radius 3 is 2.65 bits per heavy atom. The minimum Gasteiger partial charge on any atom is -0.497 e. The summed E-state index contributed by atoms with van der Waals surface area (Å²) in [4.78, 5) is 8.56. The Morgan fingerprint density at radius 1 is 1.30 bits per heavy atom. The molecule has 2 rings (SSSR count). The summed E-state index contributed by atoms with van der Waals surface area (Å²) in [6.45, 7) is 4.54. The highest BCUT2D eigenvalue weighted by Gasteiger charge is 2.19. The first-order valence-electron chi connectivity index (χ1n) is 6.51. The van der Waals surface area contributed by atoms with Crippen molar-refractivity contribution in [2.24, 2.45) is 0 Å². The Morgan fingerprint density at radius 2 is 2.10 bits per heavy atom. The van der Waals surface area contributed by atoms with Gasteiger partial charge in [-0.05, 0) is 19.5 Å². The summed E-state index contributed by atoms with van der Waals surface area (Å²) in [6, 6.07) is 4.51. The molecule has 20 heavy (non-hydrogen) atoms. The number of hydrogen-bond acceptors (Lipinski definition) is 4. The average Bonchev–Trinajstić information content (AvgIpc) is 2.46. The molecule has 0 radical (unpaired) electrons. The predicted molar refractivity (Wildman–Crippen MR) is 75.2 cm³/mol. The molecule has 0 saturated heterocycles. The van der Waals surface area contributed by atoms with E-state index in [0.717, 1.165) is 5.69 Å². The van der Waals surface area contributed by atoms with Crippen LogP contribution in [0.1, 0.15) is 29.9 Å². The molecule has 0 aliphatic carbocycles. The number of hydrogen-bond donors (Lipinski definition) is 1. The molecular weight excluding hydrogens is 257 g/mol. The van der Waals surface area contributed by atoms with Gasteiger partial charge in [-0.1, -0.05) is 13.0 Å². The van der Waals surface area contributed by atoms with Gasteiger partial charge in [0.25, 0.3) is 0 Å². The second-order valence-electron chi connectivity index (χ2n) is 4.46. The van der Waals surface area contributed by atoms with Crippen LogP contribution in [0.4, 0.5) is 4.39 Å². The maximum Gasteiger partial charge on any atom is 0.132 e. The van der Waals surface area contributed by atoms with Gasteiger partial charge in [-0.2, -0.15) is 0 Å². The highest BCUT2D eigenvalue weighted by Crippen LogP contribution is 2.25. The molecule has 106 valence electrons. The van der Waals surface area contributed by atoms with Gasteiger partial charge >= 0.3 is 0 Å². The lowest BCUT2D eigenvalue weighted by Gasteiger charge is -2.18. The molecule has 1 heterocycles. The van der Waals surface area contributed by atoms with Crippen LogP contribution >= 0.6 is 0 Å². The van der Waals surface area contributed by atoms with Gasteiger partial charge in [0.1, 0.15) is 11.6 Å². The van der Waals surface area contributed by atoms with E-state index in [2.05, 4.69) is 15.3 Å². The lowest BCUT2D eigenvalue weighted by atomic mass is 10.0. The van der Waals surface area contributed by atoms with E-state index in [1.165, 1.54) is 13.2 Å². The van der Waals surface area contributed by atoms with Crippen molar-refractivity contribution >= 4 is 0 Å². The molecule has 1 aromatic carbocycles. The number of nitrogens with one attached hydrogen (secondary N) is 1. The van der Waals surface area contributed by atoms with E-state index in [0.29, 0.717) is 23.6 Å². The summed E-state index contributed by atoms with van der Waals surface area (Å²) in [5.74, 6) is 0.175. The zero-order chi connectivity index (χ0) is 14.5. The largest absolute Gasteiger partial charge is 0.497 e. The maximum absolute atomic E-state index is 14.2. The van der Waals surface area contributed by atoms with Crippen LogP contribution in [0.2, 0.25) is 0 Å². The topological polar surface area (TPSA) is 47.0 Å². The number of aromatic nitrogens is 2.